The van der Waals surface area contributed by atoms with Crippen molar-refractivity contribution >= 4 is 27.3 Å². The fourth-order valence-corrected chi connectivity index (χ4v) is 4.38. The van der Waals surface area contributed by atoms with E-state index in [0.717, 1.165) is 24.4 Å². The third-order valence-corrected chi connectivity index (χ3v) is 6.16. The number of likely N-dealkylation sites (tertiary alicyclic amines) is 1. The maximum atomic E-state index is 12.0. The van der Waals surface area contributed by atoms with Crippen LogP contribution in [0.5, 0.6) is 0 Å². The molecule has 0 amide bonds. The van der Waals surface area contributed by atoms with Crippen LogP contribution in [0.4, 0.5) is 0 Å². The summed E-state index contributed by atoms with van der Waals surface area (Å²) in [6.45, 7) is 3.08. The van der Waals surface area contributed by atoms with Crippen LogP contribution in [0.2, 0.25) is 0 Å². The second kappa shape index (κ2) is 6.66. The van der Waals surface area contributed by atoms with Crippen molar-refractivity contribution in [3.8, 4) is 0 Å². The number of carboxylic acid groups (broad SMARTS) is 1. The summed E-state index contributed by atoms with van der Waals surface area (Å²) in [4.78, 5) is 13.0. The van der Waals surface area contributed by atoms with E-state index in [-0.39, 0.29) is 9.77 Å². The molecule has 112 valence electrons. The summed E-state index contributed by atoms with van der Waals surface area (Å²) in [7, 11) is -3.60. The van der Waals surface area contributed by atoms with Crippen LogP contribution < -0.4 is 4.72 Å². The average molecular weight is 318 g/mol. The van der Waals surface area contributed by atoms with Gasteiger partial charge in [-0.15, -0.1) is 11.3 Å². The highest BCUT2D eigenvalue weighted by Gasteiger charge is 2.19. The van der Waals surface area contributed by atoms with Gasteiger partial charge in [0.05, 0.1) is 5.56 Å². The quantitative estimate of drug-likeness (QED) is 0.823. The molecule has 0 atom stereocenters. The molecule has 1 saturated heterocycles. The first-order valence-electron chi connectivity index (χ1n) is 6.53. The highest BCUT2D eigenvalue weighted by Crippen LogP contribution is 2.20. The molecule has 20 heavy (non-hydrogen) atoms. The van der Waals surface area contributed by atoms with E-state index in [0.29, 0.717) is 13.1 Å². The zero-order chi connectivity index (χ0) is 14.6. The highest BCUT2D eigenvalue weighted by molar-refractivity contribution is 7.91. The summed E-state index contributed by atoms with van der Waals surface area (Å²) in [6.07, 6.45) is 3.58. The van der Waals surface area contributed by atoms with Gasteiger partial charge in [-0.1, -0.05) is 6.42 Å². The van der Waals surface area contributed by atoms with E-state index in [9.17, 15) is 13.2 Å². The van der Waals surface area contributed by atoms with Crippen molar-refractivity contribution in [3.05, 3.63) is 17.0 Å². The molecule has 1 aliphatic rings. The molecule has 2 rings (SSSR count). The van der Waals surface area contributed by atoms with E-state index in [2.05, 4.69) is 9.62 Å². The lowest BCUT2D eigenvalue weighted by molar-refractivity contribution is 0.0697. The fourth-order valence-electron chi connectivity index (χ4n) is 2.16. The molecule has 1 aromatic rings. The van der Waals surface area contributed by atoms with Crippen LogP contribution in [0.1, 0.15) is 29.6 Å². The number of thiophene rings is 1. The summed E-state index contributed by atoms with van der Waals surface area (Å²) in [6, 6.07) is 1.19. The third kappa shape index (κ3) is 4.02. The Labute approximate surface area is 122 Å². The van der Waals surface area contributed by atoms with Crippen molar-refractivity contribution < 1.29 is 18.3 Å². The lowest BCUT2D eigenvalue weighted by atomic mass is 10.1. The first-order chi connectivity index (χ1) is 9.49. The zero-order valence-electron chi connectivity index (χ0n) is 11.0. The van der Waals surface area contributed by atoms with Gasteiger partial charge in [0.1, 0.15) is 4.21 Å². The lowest BCUT2D eigenvalue weighted by Crippen LogP contribution is -2.37. The zero-order valence-corrected chi connectivity index (χ0v) is 12.7. The van der Waals surface area contributed by atoms with Gasteiger partial charge in [0.15, 0.2) is 0 Å². The van der Waals surface area contributed by atoms with Gasteiger partial charge in [0.25, 0.3) is 0 Å². The van der Waals surface area contributed by atoms with Gasteiger partial charge in [0.2, 0.25) is 10.0 Å². The summed E-state index contributed by atoms with van der Waals surface area (Å²) in [5.41, 5.74) is 0.00593. The number of hydrogen-bond donors (Lipinski definition) is 2. The average Bonchev–Trinajstić information content (AvgIpc) is 2.90. The lowest BCUT2D eigenvalue weighted by Gasteiger charge is -2.26. The smallest absolute Gasteiger partial charge is 0.336 e. The molecule has 6 nitrogen and oxygen atoms in total. The monoisotopic (exact) mass is 318 g/mol. The number of carboxylic acids is 1. The first-order valence-corrected chi connectivity index (χ1v) is 8.89. The first kappa shape index (κ1) is 15.4. The predicted molar refractivity (Wildman–Crippen MR) is 76.8 cm³/mol. The van der Waals surface area contributed by atoms with Gasteiger partial charge < -0.3 is 10.0 Å². The molecule has 1 aliphatic heterocycles. The van der Waals surface area contributed by atoms with Crippen molar-refractivity contribution in [1.82, 2.24) is 9.62 Å². The van der Waals surface area contributed by atoms with Crippen LogP contribution in [0, 0.1) is 0 Å². The Hall–Kier alpha value is -0.960. The Morgan fingerprint density at radius 3 is 2.65 bits per heavy atom. The third-order valence-electron chi connectivity index (χ3n) is 3.26. The molecule has 1 aromatic heterocycles. The maximum absolute atomic E-state index is 12.0. The van der Waals surface area contributed by atoms with Gasteiger partial charge in [-0.3, -0.25) is 0 Å². The normalized spacial score (nSPS) is 17.2. The van der Waals surface area contributed by atoms with Gasteiger partial charge in [0, 0.05) is 18.5 Å². The van der Waals surface area contributed by atoms with E-state index in [4.69, 9.17) is 5.11 Å². The molecule has 0 radical (unpaired) electrons. The second-order valence-electron chi connectivity index (χ2n) is 4.76. The summed E-state index contributed by atoms with van der Waals surface area (Å²) in [5.74, 6) is -1.11. The van der Waals surface area contributed by atoms with Gasteiger partial charge in [-0.05, 0) is 32.0 Å². The van der Waals surface area contributed by atoms with Crippen LogP contribution in [-0.4, -0.2) is 50.6 Å². The van der Waals surface area contributed by atoms with Crippen LogP contribution >= 0.6 is 11.3 Å². The van der Waals surface area contributed by atoms with E-state index in [1.165, 1.54) is 30.7 Å². The number of nitrogens with zero attached hydrogens (tertiary/aromatic N) is 1. The van der Waals surface area contributed by atoms with Crippen LogP contribution in [0.15, 0.2) is 15.7 Å². The molecule has 0 spiro atoms. The molecule has 0 aromatic carbocycles. The van der Waals surface area contributed by atoms with E-state index < -0.39 is 16.0 Å². The largest absolute Gasteiger partial charge is 0.478 e. The number of sulfonamides is 1. The summed E-state index contributed by atoms with van der Waals surface area (Å²) < 4.78 is 26.6. The molecule has 0 saturated carbocycles. The molecule has 2 N–H and O–H groups in total. The Kier molecular flexibility index (Phi) is 5.14. The molecule has 8 heteroatoms. The van der Waals surface area contributed by atoms with Gasteiger partial charge in [-0.25, -0.2) is 17.9 Å². The van der Waals surface area contributed by atoms with Crippen molar-refractivity contribution in [2.24, 2.45) is 0 Å². The Morgan fingerprint density at radius 1 is 1.35 bits per heavy atom. The molecule has 2 heterocycles. The molecule has 0 aliphatic carbocycles. The summed E-state index contributed by atoms with van der Waals surface area (Å²) in [5, 5.41) is 10.1. The number of aromatic carboxylic acids is 1. The number of piperidine rings is 1. The number of carbonyl (C=O) groups is 1. The van der Waals surface area contributed by atoms with E-state index >= 15 is 0 Å². The molecular formula is C12H18N2O4S2. The summed E-state index contributed by atoms with van der Waals surface area (Å²) >= 11 is 0.926. The van der Waals surface area contributed by atoms with E-state index in [1.54, 1.807) is 0 Å². The Morgan fingerprint density at radius 2 is 2.05 bits per heavy atom. The number of nitrogens with one attached hydrogen (secondary N) is 1. The fraction of sp³-hybridized carbons (Fsp3) is 0.583. The van der Waals surface area contributed by atoms with Crippen molar-refractivity contribution in [3.63, 3.8) is 0 Å². The predicted octanol–water partition coefficient (Wildman–Crippen LogP) is 1.21. The van der Waals surface area contributed by atoms with Gasteiger partial charge in [-0.2, -0.15) is 0 Å². The molecule has 0 unspecified atom stereocenters. The van der Waals surface area contributed by atoms with Crippen molar-refractivity contribution in [1.29, 1.82) is 0 Å². The second-order valence-corrected chi connectivity index (χ2v) is 7.66. The Bertz CT molecular complexity index is 562. The maximum Gasteiger partial charge on any atom is 0.336 e. The molecule has 1 fully saturated rings. The molecular weight excluding hydrogens is 300 g/mol. The van der Waals surface area contributed by atoms with Crippen LogP contribution in [0.3, 0.4) is 0 Å². The minimum absolute atomic E-state index is 0.00593. The standard InChI is InChI=1S/C12H18N2O4S2/c15-12(16)10-8-11(19-9-10)20(17,18)13-4-7-14-5-2-1-3-6-14/h8-9,13H,1-7H2,(H,15,16). The molecule has 0 bridgehead atoms. The highest BCUT2D eigenvalue weighted by atomic mass is 32.2. The van der Waals surface area contributed by atoms with Crippen LogP contribution in [-0.2, 0) is 10.0 Å². The van der Waals surface area contributed by atoms with Crippen molar-refractivity contribution in [2.45, 2.75) is 23.5 Å². The van der Waals surface area contributed by atoms with Crippen molar-refractivity contribution in [2.75, 3.05) is 26.2 Å². The minimum Gasteiger partial charge on any atom is -0.478 e. The van der Waals surface area contributed by atoms with Crippen LogP contribution in [0.25, 0.3) is 0 Å². The van der Waals surface area contributed by atoms with E-state index in [1.807, 2.05) is 0 Å². The SMILES string of the molecule is O=C(O)c1csc(S(=O)(=O)NCCN2CCCCC2)c1. The minimum atomic E-state index is -3.60. The Balaban J connectivity index is 1.88. The van der Waals surface area contributed by atoms with Gasteiger partial charge >= 0.3 is 5.97 Å². The topological polar surface area (TPSA) is 86.7 Å². The number of hydrogen-bond acceptors (Lipinski definition) is 5. The number of rotatable bonds is 6.